The van der Waals surface area contributed by atoms with Gasteiger partial charge in [0.25, 0.3) is 0 Å². The molecule has 2 N–H and O–H groups in total. The predicted octanol–water partition coefficient (Wildman–Crippen LogP) is 1.54. The number of barbiturate groups is 1. The number of fused-ring (bicyclic) bond motifs is 3. The molecule has 7 nitrogen and oxygen atoms in total. The summed E-state index contributed by atoms with van der Waals surface area (Å²) in [5.74, 6) is -0.338. The highest BCUT2D eigenvalue weighted by molar-refractivity contribution is 9.09. The van der Waals surface area contributed by atoms with Crippen LogP contribution in [0.5, 0.6) is 0 Å². The third-order valence-corrected chi connectivity index (χ3v) is 6.42. The molecule has 8 heteroatoms. The number of nitrogens with one attached hydrogen (secondary N) is 2. The normalized spacial score (nSPS) is 36.8. The van der Waals surface area contributed by atoms with Crippen molar-refractivity contribution in [1.82, 2.24) is 15.5 Å². The van der Waals surface area contributed by atoms with Gasteiger partial charge in [-0.3, -0.25) is 25.2 Å². The standard InChI is InChI=1S/C17H21BrN4O3/c1-8-3-9(2)13-17(14(23)20-16(25)21-15(17)24)5-10-4-12(18)19-6-11(10)22(13)7-8/h6,8-9,12-13H,3-5,7H2,1-2H3,(H2,20,21,23,24,25). The van der Waals surface area contributed by atoms with Gasteiger partial charge in [-0.15, -0.1) is 0 Å². The number of imide groups is 2. The van der Waals surface area contributed by atoms with Gasteiger partial charge in [0, 0.05) is 19.2 Å². The molecule has 4 aliphatic rings. The molecule has 2 saturated heterocycles. The molecule has 0 aromatic carbocycles. The number of hydrogen-bond donors (Lipinski definition) is 2. The SMILES string of the molecule is CC1CC(C)C2N(C1)C1=C(CC(Br)N=C1)CC21C(=O)NC(=O)NC1=O. The molecule has 1 spiro atoms. The van der Waals surface area contributed by atoms with E-state index in [0.29, 0.717) is 18.8 Å². The van der Waals surface area contributed by atoms with Crippen molar-refractivity contribution in [3.05, 3.63) is 11.3 Å². The van der Waals surface area contributed by atoms with Crippen LogP contribution in [0.25, 0.3) is 0 Å². The van der Waals surface area contributed by atoms with Gasteiger partial charge in [-0.25, -0.2) is 4.79 Å². The molecule has 4 unspecified atom stereocenters. The van der Waals surface area contributed by atoms with Crippen LogP contribution in [0.3, 0.4) is 0 Å². The number of urea groups is 1. The van der Waals surface area contributed by atoms with Gasteiger partial charge in [0.2, 0.25) is 11.8 Å². The number of rotatable bonds is 0. The summed E-state index contributed by atoms with van der Waals surface area (Å²) in [7, 11) is 0. The van der Waals surface area contributed by atoms with Gasteiger partial charge in [-0.05, 0) is 30.3 Å². The van der Waals surface area contributed by atoms with Gasteiger partial charge in [-0.1, -0.05) is 29.8 Å². The fraction of sp³-hybridized carbons (Fsp3) is 0.647. The monoisotopic (exact) mass is 408 g/mol. The van der Waals surface area contributed by atoms with E-state index in [1.165, 1.54) is 0 Å². The number of halogens is 1. The zero-order valence-electron chi connectivity index (χ0n) is 14.2. The highest BCUT2D eigenvalue weighted by Gasteiger charge is 2.62. The van der Waals surface area contributed by atoms with Crippen LogP contribution in [0.15, 0.2) is 16.3 Å². The number of dihydropyridines is 1. The van der Waals surface area contributed by atoms with Crippen LogP contribution >= 0.6 is 15.9 Å². The number of amides is 4. The van der Waals surface area contributed by atoms with Crippen molar-refractivity contribution in [2.45, 2.75) is 44.1 Å². The van der Waals surface area contributed by atoms with Crippen molar-refractivity contribution >= 4 is 40.0 Å². The smallest absolute Gasteiger partial charge is 0.328 e. The molecule has 25 heavy (non-hydrogen) atoms. The average Bonchev–Trinajstić information content (AvgIpc) is 2.51. The number of carbonyl (C=O) groups excluding carboxylic acids is 3. The lowest BCUT2D eigenvalue weighted by Gasteiger charge is -2.56. The number of aliphatic imine (C=N–C) groups is 1. The Balaban J connectivity index is 1.87. The maximum Gasteiger partial charge on any atom is 0.328 e. The molecule has 4 aliphatic heterocycles. The number of nitrogens with zero attached hydrogens (tertiary/aromatic N) is 2. The second-order valence-corrected chi connectivity index (χ2v) is 8.76. The molecule has 0 aliphatic carbocycles. The van der Waals surface area contributed by atoms with Gasteiger partial charge in [-0.2, -0.15) is 0 Å². The topological polar surface area (TPSA) is 90.9 Å². The molecule has 0 radical (unpaired) electrons. The minimum Gasteiger partial charge on any atom is -0.365 e. The fourth-order valence-corrected chi connectivity index (χ4v) is 5.58. The largest absolute Gasteiger partial charge is 0.365 e. The van der Waals surface area contributed by atoms with Gasteiger partial charge in [0.15, 0.2) is 5.41 Å². The fourth-order valence-electron chi connectivity index (χ4n) is 5.07. The molecule has 0 aromatic rings. The Morgan fingerprint density at radius 1 is 1.24 bits per heavy atom. The van der Waals surface area contributed by atoms with Gasteiger partial charge in [0.05, 0.1) is 11.7 Å². The Bertz CT molecular complexity index is 711. The van der Waals surface area contributed by atoms with Crippen molar-refractivity contribution in [1.29, 1.82) is 0 Å². The number of allylic oxidation sites excluding steroid dienone is 1. The van der Waals surface area contributed by atoms with E-state index in [0.717, 1.165) is 24.2 Å². The van der Waals surface area contributed by atoms with E-state index in [-0.39, 0.29) is 16.9 Å². The van der Waals surface area contributed by atoms with E-state index in [1.54, 1.807) is 0 Å². The first-order valence-corrected chi connectivity index (χ1v) is 9.57. The summed E-state index contributed by atoms with van der Waals surface area (Å²) in [5.41, 5.74) is 0.834. The summed E-state index contributed by atoms with van der Waals surface area (Å²) in [4.78, 5) is 44.1. The lowest BCUT2D eigenvalue weighted by atomic mass is 9.62. The molecular weight excluding hydrogens is 388 g/mol. The Labute approximate surface area is 154 Å². The summed E-state index contributed by atoms with van der Waals surface area (Å²) in [6.07, 6.45) is 3.81. The number of alkyl halides is 1. The van der Waals surface area contributed by atoms with Crippen LogP contribution in [0.1, 0.15) is 33.1 Å². The van der Waals surface area contributed by atoms with Crippen molar-refractivity contribution < 1.29 is 14.4 Å². The third-order valence-electron chi connectivity index (χ3n) is 5.86. The third kappa shape index (κ3) is 2.37. The van der Waals surface area contributed by atoms with E-state index < -0.39 is 23.3 Å². The Hall–Kier alpha value is -1.70. The van der Waals surface area contributed by atoms with Crippen molar-refractivity contribution in [2.75, 3.05) is 6.54 Å². The zero-order valence-corrected chi connectivity index (χ0v) is 15.8. The van der Waals surface area contributed by atoms with Gasteiger partial charge < -0.3 is 4.90 Å². The number of piperidine rings is 1. The summed E-state index contributed by atoms with van der Waals surface area (Å²) in [6.45, 7) is 5.06. The first-order chi connectivity index (χ1) is 11.8. The lowest BCUT2D eigenvalue weighted by Crippen LogP contribution is -2.72. The molecule has 4 rings (SSSR count). The predicted molar refractivity (Wildman–Crippen MR) is 95.0 cm³/mol. The first-order valence-electron chi connectivity index (χ1n) is 8.65. The van der Waals surface area contributed by atoms with Crippen LogP contribution < -0.4 is 10.6 Å². The number of carbonyl (C=O) groups is 3. The molecule has 134 valence electrons. The molecule has 4 atom stereocenters. The molecule has 0 bridgehead atoms. The average molecular weight is 409 g/mol. The van der Waals surface area contributed by atoms with E-state index in [1.807, 2.05) is 6.21 Å². The van der Waals surface area contributed by atoms with Crippen LogP contribution in [-0.2, 0) is 9.59 Å². The van der Waals surface area contributed by atoms with Crippen LogP contribution in [-0.4, -0.2) is 46.5 Å². The van der Waals surface area contributed by atoms with Crippen LogP contribution in [0.2, 0.25) is 0 Å². The Morgan fingerprint density at radius 3 is 2.60 bits per heavy atom. The second kappa shape index (κ2) is 5.65. The van der Waals surface area contributed by atoms with E-state index >= 15 is 0 Å². The van der Waals surface area contributed by atoms with Crippen LogP contribution in [0.4, 0.5) is 4.79 Å². The van der Waals surface area contributed by atoms with E-state index in [2.05, 4.69) is 50.3 Å². The molecule has 0 aromatic heterocycles. The second-order valence-electron chi connectivity index (χ2n) is 7.71. The van der Waals surface area contributed by atoms with Crippen molar-refractivity contribution in [3.63, 3.8) is 0 Å². The van der Waals surface area contributed by atoms with Crippen LogP contribution in [0, 0.1) is 17.3 Å². The molecule has 0 saturated carbocycles. The Kier molecular flexibility index (Phi) is 3.79. The summed E-state index contributed by atoms with van der Waals surface area (Å²) >= 11 is 3.51. The van der Waals surface area contributed by atoms with E-state index in [9.17, 15) is 14.4 Å². The summed E-state index contributed by atoms with van der Waals surface area (Å²) < 4.78 is 0. The van der Waals surface area contributed by atoms with Crippen molar-refractivity contribution in [2.24, 2.45) is 22.2 Å². The number of hydrogen-bond acceptors (Lipinski definition) is 5. The molecule has 4 amide bonds. The van der Waals surface area contributed by atoms with Crippen molar-refractivity contribution in [3.8, 4) is 0 Å². The quantitative estimate of drug-likeness (QED) is 0.361. The maximum atomic E-state index is 12.9. The van der Waals surface area contributed by atoms with E-state index in [4.69, 9.17) is 0 Å². The highest BCUT2D eigenvalue weighted by Crippen LogP contribution is 2.50. The first kappa shape index (κ1) is 16.8. The highest BCUT2D eigenvalue weighted by atomic mass is 79.9. The Morgan fingerprint density at radius 2 is 1.92 bits per heavy atom. The summed E-state index contributed by atoms with van der Waals surface area (Å²) in [6, 6.07) is -0.999. The lowest BCUT2D eigenvalue weighted by molar-refractivity contribution is -0.154. The zero-order chi connectivity index (χ0) is 17.9. The minimum absolute atomic E-state index is 0.0455. The minimum atomic E-state index is -1.26. The summed E-state index contributed by atoms with van der Waals surface area (Å²) in [5, 5.41) is 4.67. The maximum absolute atomic E-state index is 12.9. The molecule has 2 fully saturated rings. The van der Waals surface area contributed by atoms with Gasteiger partial charge in [0.1, 0.15) is 4.95 Å². The molecular formula is C17H21BrN4O3. The van der Waals surface area contributed by atoms with Gasteiger partial charge >= 0.3 is 6.03 Å². The molecule has 4 heterocycles.